The lowest BCUT2D eigenvalue weighted by Crippen LogP contribution is -2.14. The summed E-state index contributed by atoms with van der Waals surface area (Å²) in [5, 5.41) is 7.15. The molecule has 258 valence electrons. The quantitative estimate of drug-likeness (QED) is 0.172. The lowest BCUT2D eigenvalue weighted by molar-refractivity contribution is 0.669. The van der Waals surface area contributed by atoms with Crippen LogP contribution in [0.25, 0.3) is 82.5 Å². The Balaban J connectivity index is 1.21. The van der Waals surface area contributed by atoms with Crippen LogP contribution in [-0.2, 0) is 0 Å². The van der Waals surface area contributed by atoms with Crippen LogP contribution in [-0.4, -0.2) is 4.57 Å². The minimum Gasteiger partial charge on any atom is -0.456 e. The SMILES string of the molecule is c1cc(-c2cccc3ccccc23)cc(N(c2ccccc2-c2cccc3oc4ccccc4c23)c2ccccc2-n2c3ccccc3c3ccccc32)c1. The minimum absolute atomic E-state index is 0.878. The van der Waals surface area contributed by atoms with Crippen molar-refractivity contribution >= 4 is 71.6 Å². The fourth-order valence-electron chi connectivity index (χ4n) is 8.62. The molecule has 55 heavy (non-hydrogen) atoms. The van der Waals surface area contributed by atoms with Gasteiger partial charge < -0.3 is 13.9 Å². The van der Waals surface area contributed by atoms with Crippen LogP contribution in [0.15, 0.2) is 211 Å². The van der Waals surface area contributed by atoms with Crippen molar-refractivity contribution < 1.29 is 4.42 Å². The molecule has 0 N–H and O–H groups in total. The number of hydrogen-bond donors (Lipinski definition) is 0. The van der Waals surface area contributed by atoms with Gasteiger partial charge in [0.15, 0.2) is 0 Å². The number of para-hydroxylation sites is 6. The molecule has 11 rings (SSSR count). The van der Waals surface area contributed by atoms with Crippen LogP contribution < -0.4 is 4.90 Å². The van der Waals surface area contributed by atoms with Crippen molar-refractivity contribution in [2.75, 3.05) is 4.90 Å². The van der Waals surface area contributed by atoms with E-state index in [2.05, 4.69) is 210 Å². The Morgan fingerprint density at radius 2 is 0.945 bits per heavy atom. The first kappa shape index (κ1) is 31.2. The Morgan fingerprint density at radius 1 is 0.382 bits per heavy atom. The van der Waals surface area contributed by atoms with Crippen LogP contribution in [0.1, 0.15) is 0 Å². The molecule has 9 aromatic carbocycles. The van der Waals surface area contributed by atoms with E-state index in [-0.39, 0.29) is 0 Å². The second-order valence-corrected chi connectivity index (χ2v) is 14.1. The van der Waals surface area contributed by atoms with Crippen molar-refractivity contribution in [1.29, 1.82) is 0 Å². The number of anilines is 3. The number of furan rings is 1. The van der Waals surface area contributed by atoms with Gasteiger partial charge in [0.25, 0.3) is 0 Å². The maximum absolute atomic E-state index is 6.42. The molecule has 0 bridgehead atoms. The first-order valence-corrected chi connectivity index (χ1v) is 18.8. The highest BCUT2D eigenvalue weighted by molar-refractivity contribution is 6.14. The molecule has 2 aromatic heterocycles. The van der Waals surface area contributed by atoms with Gasteiger partial charge in [-0.1, -0.05) is 152 Å². The molecule has 0 aliphatic rings. The Morgan fingerprint density at radius 3 is 1.78 bits per heavy atom. The van der Waals surface area contributed by atoms with Crippen LogP contribution in [0.5, 0.6) is 0 Å². The molecule has 0 amide bonds. The molecule has 0 saturated heterocycles. The molecule has 0 spiro atoms. The van der Waals surface area contributed by atoms with E-state index in [0.29, 0.717) is 0 Å². The third-order valence-electron chi connectivity index (χ3n) is 11.0. The number of rotatable bonds is 6. The van der Waals surface area contributed by atoms with Gasteiger partial charge in [0, 0.05) is 32.8 Å². The summed E-state index contributed by atoms with van der Waals surface area (Å²) in [7, 11) is 0. The van der Waals surface area contributed by atoms with E-state index < -0.39 is 0 Å². The van der Waals surface area contributed by atoms with E-state index in [1.807, 2.05) is 6.07 Å². The topological polar surface area (TPSA) is 21.3 Å². The molecule has 11 aromatic rings. The van der Waals surface area contributed by atoms with E-state index in [1.165, 1.54) is 38.1 Å². The first-order valence-electron chi connectivity index (χ1n) is 18.8. The average Bonchev–Trinajstić information content (AvgIpc) is 3.80. The number of nitrogens with zero attached hydrogens (tertiary/aromatic N) is 2. The molecule has 3 heteroatoms. The fraction of sp³-hybridized carbons (Fsp3) is 0. The number of fused-ring (bicyclic) bond motifs is 7. The standard InChI is InChI=1S/C52H34N2O/c1-2-20-38-35(16-1)17-14-25-39(38)36-18-13-19-37(34-36)53(45-27-7-5-23-42(45)43-26-15-33-51-52(43)44-24-6-12-32-50(44)55-51)48-30-10-11-31-49(48)54-46-28-8-3-21-40(46)41-22-4-9-29-47(41)54/h1-34H. The van der Waals surface area contributed by atoms with E-state index in [9.17, 15) is 0 Å². The molecule has 3 nitrogen and oxygen atoms in total. The summed E-state index contributed by atoms with van der Waals surface area (Å²) < 4.78 is 8.84. The predicted octanol–water partition coefficient (Wildman–Crippen LogP) is 14.6. The summed E-state index contributed by atoms with van der Waals surface area (Å²) in [5.41, 5.74) is 13.0. The van der Waals surface area contributed by atoms with Crippen LogP contribution in [0.3, 0.4) is 0 Å². The summed E-state index contributed by atoms with van der Waals surface area (Å²) in [6, 6.07) is 74.0. The van der Waals surface area contributed by atoms with Gasteiger partial charge in [-0.15, -0.1) is 0 Å². The van der Waals surface area contributed by atoms with Crippen LogP contribution in [0.4, 0.5) is 17.1 Å². The highest BCUT2D eigenvalue weighted by Gasteiger charge is 2.24. The maximum Gasteiger partial charge on any atom is 0.136 e. The third kappa shape index (κ3) is 4.98. The average molecular weight is 703 g/mol. The van der Waals surface area contributed by atoms with Gasteiger partial charge in [-0.3, -0.25) is 0 Å². The van der Waals surface area contributed by atoms with Crippen molar-refractivity contribution in [2.45, 2.75) is 0 Å². The van der Waals surface area contributed by atoms with E-state index in [1.54, 1.807) is 0 Å². The lowest BCUT2D eigenvalue weighted by Gasteiger charge is -2.30. The lowest BCUT2D eigenvalue weighted by atomic mass is 9.96. The molecular formula is C52H34N2O. The molecule has 0 unspecified atom stereocenters. The molecule has 0 saturated carbocycles. The zero-order valence-electron chi connectivity index (χ0n) is 29.9. The van der Waals surface area contributed by atoms with Crippen molar-refractivity contribution in [2.24, 2.45) is 0 Å². The zero-order valence-corrected chi connectivity index (χ0v) is 29.9. The molecule has 0 atom stereocenters. The van der Waals surface area contributed by atoms with Crippen molar-refractivity contribution in [1.82, 2.24) is 4.57 Å². The Labute approximate surface area is 318 Å². The monoisotopic (exact) mass is 702 g/mol. The van der Waals surface area contributed by atoms with Gasteiger partial charge in [0.2, 0.25) is 0 Å². The Bertz CT molecular complexity index is 3180. The van der Waals surface area contributed by atoms with Crippen LogP contribution >= 0.6 is 0 Å². The molecule has 0 fully saturated rings. The normalized spacial score (nSPS) is 11.6. The number of aromatic nitrogens is 1. The van der Waals surface area contributed by atoms with E-state index in [0.717, 1.165) is 61.4 Å². The first-order chi connectivity index (χ1) is 27.3. The van der Waals surface area contributed by atoms with Crippen molar-refractivity contribution in [3.05, 3.63) is 206 Å². The van der Waals surface area contributed by atoms with Gasteiger partial charge in [-0.25, -0.2) is 0 Å². The molecule has 2 heterocycles. The minimum atomic E-state index is 0.878. The second kappa shape index (κ2) is 12.6. The Kier molecular flexibility index (Phi) is 7.17. The van der Waals surface area contributed by atoms with Gasteiger partial charge in [0.1, 0.15) is 11.2 Å². The van der Waals surface area contributed by atoms with E-state index >= 15 is 0 Å². The summed E-state index contributed by atoms with van der Waals surface area (Å²) in [6.07, 6.45) is 0. The van der Waals surface area contributed by atoms with Crippen molar-refractivity contribution in [3.8, 4) is 27.9 Å². The molecule has 0 aliphatic carbocycles. The summed E-state index contributed by atoms with van der Waals surface area (Å²) in [4.78, 5) is 2.45. The zero-order chi connectivity index (χ0) is 36.3. The molecular weight excluding hydrogens is 669 g/mol. The Hall–Kier alpha value is -7.36. The van der Waals surface area contributed by atoms with Crippen LogP contribution in [0, 0.1) is 0 Å². The molecule has 0 radical (unpaired) electrons. The highest BCUT2D eigenvalue weighted by atomic mass is 16.3. The number of hydrogen-bond acceptors (Lipinski definition) is 2. The highest BCUT2D eigenvalue weighted by Crippen LogP contribution is 2.47. The summed E-state index contributed by atoms with van der Waals surface area (Å²) >= 11 is 0. The number of benzene rings is 9. The van der Waals surface area contributed by atoms with Gasteiger partial charge >= 0.3 is 0 Å². The fourth-order valence-corrected chi connectivity index (χ4v) is 8.62. The smallest absolute Gasteiger partial charge is 0.136 e. The maximum atomic E-state index is 6.42. The van der Waals surface area contributed by atoms with Gasteiger partial charge in [-0.2, -0.15) is 0 Å². The third-order valence-corrected chi connectivity index (χ3v) is 11.0. The van der Waals surface area contributed by atoms with Gasteiger partial charge in [0.05, 0.1) is 28.1 Å². The summed E-state index contributed by atoms with van der Waals surface area (Å²) in [6.45, 7) is 0. The second-order valence-electron chi connectivity index (χ2n) is 14.1. The largest absolute Gasteiger partial charge is 0.456 e. The summed E-state index contributed by atoms with van der Waals surface area (Å²) in [5.74, 6) is 0. The van der Waals surface area contributed by atoms with E-state index in [4.69, 9.17) is 4.42 Å². The van der Waals surface area contributed by atoms with Crippen molar-refractivity contribution in [3.63, 3.8) is 0 Å². The predicted molar refractivity (Wildman–Crippen MR) is 231 cm³/mol. The van der Waals surface area contributed by atoms with Crippen LogP contribution in [0.2, 0.25) is 0 Å². The van der Waals surface area contributed by atoms with Gasteiger partial charge in [-0.05, 0) is 82.1 Å². The molecule has 0 aliphatic heterocycles.